The largest absolute Gasteiger partial charge is 0.378 e. The molecule has 0 aromatic heterocycles. The van der Waals surface area contributed by atoms with E-state index in [-0.39, 0.29) is 12.4 Å². The van der Waals surface area contributed by atoms with E-state index in [0.717, 1.165) is 26.3 Å². The average molecular weight is 181 g/mol. The molecule has 1 fully saturated rings. The Bertz CT molecular complexity index is 94.4. The Morgan fingerprint density at radius 3 is 2.73 bits per heavy atom. The van der Waals surface area contributed by atoms with Gasteiger partial charge in [0.1, 0.15) is 0 Å². The third-order valence-corrected chi connectivity index (χ3v) is 1.58. The normalized spacial score (nSPS) is 24.8. The van der Waals surface area contributed by atoms with E-state index in [1.54, 1.807) is 0 Å². The average Bonchev–Trinajstić information content (AvgIpc) is 1.88. The van der Waals surface area contributed by atoms with Gasteiger partial charge in [-0.25, -0.2) is 0 Å². The summed E-state index contributed by atoms with van der Waals surface area (Å²) in [4.78, 5) is 2.17. The van der Waals surface area contributed by atoms with Gasteiger partial charge in [-0.2, -0.15) is 0 Å². The molecule has 0 aromatic rings. The number of nitrogens with one attached hydrogen (secondary N) is 1. The summed E-state index contributed by atoms with van der Waals surface area (Å²) in [5.41, 5.74) is 0. The zero-order valence-electron chi connectivity index (χ0n) is 7.17. The Labute approximate surface area is 74.5 Å². The summed E-state index contributed by atoms with van der Waals surface area (Å²) >= 11 is 0. The van der Waals surface area contributed by atoms with Gasteiger partial charge in [0.05, 0.1) is 13.2 Å². The molecule has 1 atom stereocenters. The zero-order valence-corrected chi connectivity index (χ0v) is 7.99. The van der Waals surface area contributed by atoms with Crippen molar-refractivity contribution in [1.29, 1.82) is 0 Å². The van der Waals surface area contributed by atoms with Crippen LogP contribution in [0.25, 0.3) is 0 Å². The molecule has 1 saturated heterocycles. The molecule has 0 bridgehead atoms. The molecule has 1 heterocycles. The number of morpholine rings is 1. The smallest absolute Gasteiger partial charge is 0.0632 e. The van der Waals surface area contributed by atoms with Crippen LogP contribution < -0.4 is 5.32 Å². The summed E-state index contributed by atoms with van der Waals surface area (Å²) in [5.74, 6) is 0. The van der Waals surface area contributed by atoms with Crippen molar-refractivity contribution >= 4 is 12.4 Å². The van der Waals surface area contributed by atoms with Crippen molar-refractivity contribution in [2.45, 2.75) is 6.04 Å². The van der Waals surface area contributed by atoms with E-state index in [2.05, 4.69) is 24.3 Å². The van der Waals surface area contributed by atoms with E-state index in [1.165, 1.54) is 0 Å². The molecule has 0 spiro atoms. The quantitative estimate of drug-likeness (QED) is 0.646. The molecule has 68 valence electrons. The molecule has 1 rings (SSSR count). The van der Waals surface area contributed by atoms with Crippen LogP contribution in [-0.2, 0) is 4.74 Å². The minimum absolute atomic E-state index is 0. The van der Waals surface area contributed by atoms with Gasteiger partial charge in [-0.15, -0.1) is 12.4 Å². The lowest BCUT2D eigenvalue weighted by Crippen LogP contribution is -2.46. The molecule has 1 aliphatic heterocycles. The maximum Gasteiger partial charge on any atom is 0.0632 e. The minimum Gasteiger partial charge on any atom is -0.378 e. The van der Waals surface area contributed by atoms with E-state index in [9.17, 15) is 0 Å². The van der Waals surface area contributed by atoms with Crippen LogP contribution in [0.15, 0.2) is 0 Å². The van der Waals surface area contributed by atoms with Gasteiger partial charge in [-0.05, 0) is 14.1 Å². The van der Waals surface area contributed by atoms with Crippen molar-refractivity contribution in [3.8, 4) is 0 Å². The van der Waals surface area contributed by atoms with E-state index < -0.39 is 0 Å². The van der Waals surface area contributed by atoms with Crippen LogP contribution in [0.5, 0.6) is 0 Å². The van der Waals surface area contributed by atoms with Gasteiger partial charge in [-0.3, -0.25) is 0 Å². The molecular weight excluding hydrogens is 164 g/mol. The highest BCUT2D eigenvalue weighted by Gasteiger charge is 2.12. The molecule has 3 nitrogen and oxygen atoms in total. The van der Waals surface area contributed by atoms with Gasteiger partial charge in [-0.1, -0.05) is 0 Å². The maximum atomic E-state index is 5.29. The van der Waals surface area contributed by atoms with Gasteiger partial charge in [0, 0.05) is 19.1 Å². The summed E-state index contributed by atoms with van der Waals surface area (Å²) in [6.07, 6.45) is 0. The number of rotatable bonds is 2. The summed E-state index contributed by atoms with van der Waals surface area (Å²) < 4.78 is 5.29. The number of hydrogen-bond acceptors (Lipinski definition) is 3. The van der Waals surface area contributed by atoms with Crippen molar-refractivity contribution in [2.24, 2.45) is 0 Å². The number of nitrogens with zero attached hydrogens (tertiary/aromatic N) is 1. The van der Waals surface area contributed by atoms with Crippen LogP contribution in [0.3, 0.4) is 0 Å². The molecule has 0 unspecified atom stereocenters. The fourth-order valence-corrected chi connectivity index (χ4v) is 1.18. The third-order valence-electron chi connectivity index (χ3n) is 1.58. The molecule has 11 heavy (non-hydrogen) atoms. The Morgan fingerprint density at radius 2 is 2.27 bits per heavy atom. The fraction of sp³-hybridized carbons (Fsp3) is 1.00. The standard InChI is InChI=1S/C7H16N2O.ClH/c1-9(2)5-7-6-10-4-3-8-7;/h7-8H,3-6H2,1-2H3;1H/t7-;/m1./s1. The Hall–Kier alpha value is 0.170. The lowest BCUT2D eigenvalue weighted by atomic mass is 10.3. The van der Waals surface area contributed by atoms with Crippen LogP contribution in [0.4, 0.5) is 0 Å². The Morgan fingerprint density at radius 1 is 1.55 bits per heavy atom. The van der Waals surface area contributed by atoms with E-state index in [4.69, 9.17) is 4.74 Å². The van der Waals surface area contributed by atoms with Crippen LogP contribution in [-0.4, -0.2) is 51.3 Å². The number of likely N-dealkylation sites (N-methyl/N-ethyl adjacent to an activating group) is 1. The van der Waals surface area contributed by atoms with E-state index in [1.807, 2.05) is 0 Å². The summed E-state index contributed by atoms with van der Waals surface area (Å²) in [5, 5.41) is 3.38. The SMILES string of the molecule is CN(C)C[C@@H]1COCCN1.Cl. The van der Waals surface area contributed by atoms with Gasteiger partial charge in [0.25, 0.3) is 0 Å². The number of halogens is 1. The fourth-order valence-electron chi connectivity index (χ4n) is 1.18. The summed E-state index contributed by atoms with van der Waals surface area (Å²) in [6.45, 7) is 3.79. The molecule has 4 heteroatoms. The maximum absolute atomic E-state index is 5.29. The zero-order chi connectivity index (χ0) is 7.40. The molecular formula is C7H17ClN2O. The van der Waals surface area contributed by atoms with Gasteiger partial charge < -0.3 is 15.0 Å². The minimum atomic E-state index is 0. The van der Waals surface area contributed by atoms with Gasteiger partial charge in [0.2, 0.25) is 0 Å². The highest BCUT2D eigenvalue weighted by molar-refractivity contribution is 5.85. The third kappa shape index (κ3) is 4.58. The summed E-state index contributed by atoms with van der Waals surface area (Å²) in [7, 11) is 4.16. The molecule has 0 aromatic carbocycles. The predicted molar refractivity (Wildman–Crippen MR) is 48.4 cm³/mol. The number of hydrogen-bond donors (Lipinski definition) is 1. The highest BCUT2D eigenvalue weighted by Crippen LogP contribution is 1.93. The predicted octanol–water partition coefficient (Wildman–Crippen LogP) is -0.0418. The molecule has 0 aliphatic carbocycles. The lowest BCUT2D eigenvalue weighted by molar-refractivity contribution is 0.0680. The molecule has 1 N–H and O–H groups in total. The molecule has 1 aliphatic rings. The molecule has 0 radical (unpaired) electrons. The lowest BCUT2D eigenvalue weighted by Gasteiger charge is -2.26. The van der Waals surface area contributed by atoms with Crippen LogP contribution in [0, 0.1) is 0 Å². The van der Waals surface area contributed by atoms with E-state index >= 15 is 0 Å². The Kier molecular flexibility index (Phi) is 5.86. The first kappa shape index (κ1) is 11.2. The monoisotopic (exact) mass is 180 g/mol. The highest BCUT2D eigenvalue weighted by atomic mass is 35.5. The second-order valence-electron chi connectivity index (χ2n) is 2.99. The summed E-state index contributed by atoms with van der Waals surface area (Å²) in [6, 6.07) is 0.531. The number of ether oxygens (including phenoxy) is 1. The van der Waals surface area contributed by atoms with Crippen LogP contribution in [0.1, 0.15) is 0 Å². The molecule has 0 amide bonds. The van der Waals surface area contributed by atoms with Crippen molar-refractivity contribution in [2.75, 3.05) is 40.4 Å². The van der Waals surface area contributed by atoms with Gasteiger partial charge >= 0.3 is 0 Å². The van der Waals surface area contributed by atoms with Crippen molar-refractivity contribution in [1.82, 2.24) is 10.2 Å². The second-order valence-corrected chi connectivity index (χ2v) is 2.99. The first-order valence-corrected chi connectivity index (χ1v) is 3.75. The van der Waals surface area contributed by atoms with Crippen molar-refractivity contribution < 1.29 is 4.74 Å². The van der Waals surface area contributed by atoms with Crippen molar-refractivity contribution in [3.63, 3.8) is 0 Å². The Balaban J connectivity index is 0.000001000. The van der Waals surface area contributed by atoms with Crippen molar-refractivity contribution in [3.05, 3.63) is 0 Å². The first-order valence-electron chi connectivity index (χ1n) is 3.75. The molecule has 0 saturated carbocycles. The second kappa shape index (κ2) is 5.77. The first-order chi connectivity index (χ1) is 4.79. The van der Waals surface area contributed by atoms with E-state index in [0.29, 0.717) is 6.04 Å². The van der Waals surface area contributed by atoms with Gasteiger partial charge in [0.15, 0.2) is 0 Å². The van der Waals surface area contributed by atoms with Crippen LogP contribution >= 0.6 is 12.4 Å². The van der Waals surface area contributed by atoms with Crippen LogP contribution in [0.2, 0.25) is 0 Å². The topological polar surface area (TPSA) is 24.5 Å².